The van der Waals surface area contributed by atoms with Gasteiger partial charge in [-0.1, -0.05) is 36.4 Å². The topological polar surface area (TPSA) is 53.6 Å². The van der Waals surface area contributed by atoms with Crippen LogP contribution in [0.25, 0.3) is 0 Å². The molecule has 5 heteroatoms. The van der Waals surface area contributed by atoms with Crippen molar-refractivity contribution in [3.8, 4) is 0 Å². The van der Waals surface area contributed by atoms with Gasteiger partial charge in [0, 0.05) is 24.0 Å². The van der Waals surface area contributed by atoms with Crippen molar-refractivity contribution in [2.24, 2.45) is 10.7 Å². The predicted molar refractivity (Wildman–Crippen MR) is 109 cm³/mol. The summed E-state index contributed by atoms with van der Waals surface area (Å²) < 4.78 is 0. The Morgan fingerprint density at radius 3 is 2.65 bits per heavy atom. The molecule has 0 aliphatic carbocycles. The lowest BCUT2D eigenvalue weighted by molar-refractivity contribution is 0.663. The molecule has 3 N–H and O–H groups in total. The van der Waals surface area contributed by atoms with Crippen molar-refractivity contribution in [1.82, 2.24) is 0 Å². The van der Waals surface area contributed by atoms with Crippen molar-refractivity contribution in [3.05, 3.63) is 60.2 Å². The monoisotopic (exact) mass is 422 g/mol. The van der Waals surface area contributed by atoms with Gasteiger partial charge in [-0.25, -0.2) is 0 Å². The van der Waals surface area contributed by atoms with E-state index in [4.69, 9.17) is 5.73 Å². The Kier molecular flexibility index (Phi) is 6.27. The predicted octanol–water partition coefficient (Wildman–Crippen LogP) is 3.48. The molecule has 2 aromatic rings. The number of rotatable bonds is 4. The number of guanidine groups is 1. The van der Waals surface area contributed by atoms with E-state index in [1.807, 2.05) is 30.3 Å². The maximum Gasteiger partial charge on any atom is 0.193 e. The van der Waals surface area contributed by atoms with Crippen LogP contribution in [0.5, 0.6) is 0 Å². The molecule has 1 atom stereocenters. The first-order valence-electron chi connectivity index (χ1n) is 7.70. The molecule has 3 rings (SSSR count). The summed E-state index contributed by atoms with van der Waals surface area (Å²) in [5, 5.41) is 3.12. The van der Waals surface area contributed by atoms with Crippen molar-refractivity contribution in [2.45, 2.75) is 19.4 Å². The van der Waals surface area contributed by atoms with Crippen LogP contribution in [0.15, 0.2) is 59.6 Å². The Hall–Kier alpha value is -1.76. The molecule has 122 valence electrons. The fourth-order valence-electron chi connectivity index (χ4n) is 2.86. The number of fused-ring (bicyclic) bond motifs is 1. The molecule has 0 saturated carbocycles. The molecule has 0 saturated heterocycles. The first-order valence-corrected chi connectivity index (χ1v) is 7.70. The van der Waals surface area contributed by atoms with Gasteiger partial charge in [-0.15, -0.1) is 24.0 Å². The Balaban J connectivity index is 0.00000192. The Labute approximate surface area is 154 Å². The van der Waals surface area contributed by atoms with Gasteiger partial charge in [-0.3, -0.25) is 4.99 Å². The zero-order chi connectivity index (χ0) is 15.4. The number of benzene rings is 2. The fourth-order valence-corrected chi connectivity index (χ4v) is 2.86. The smallest absolute Gasteiger partial charge is 0.193 e. The zero-order valence-electron chi connectivity index (χ0n) is 13.3. The molecule has 0 radical (unpaired) electrons. The minimum Gasteiger partial charge on any atom is -0.370 e. The highest BCUT2D eigenvalue weighted by atomic mass is 127. The molecule has 0 spiro atoms. The number of nitrogens with zero attached hydrogens (tertiary/aromatic N) is 2. The zero-order valence-corrected chi connectivity index (χ0v) is 15.6. The van der Waals surface area contributed by atoms with E-state index in [1.54, 1.807) is 0 Å². The largest absolute Gasteiger partial charge is 0.370 e. The summed E-state index contributed by atoms with van der Waals surface area (Å²) in [7, 11) is 0. The molecule has 2 aromatic carbocycles. The lowest BCUT2D eigenvalue weighted by Gasteiger charge is -2.26. The number of hydrogen-bond donors (Lipinski definition) is 2. The minimum atomic E-state index is 0. The van der Waals surface area contributed by atoms with Crippen LogP contribution in [-0.2, 0) is 6.42 Å². The third-order valence-electron chi connectivity index (χ3n) is 4.03. The van der Waals surface area contributed by atoms with Crippen molar-refractivity contribution in [3.63, 3.8) is 0 Å². The van der Waals surface area contributed by atoms with Crippen LogP contribution in [0, 0.1) is 0 Å². The second-order valence-electron chi connectivity index (χ2n) is 5.64. The maximum atomic E-state index is 5.97. The second kappa shape index (κ2) is 8.19. The summed E-state index contributed by atoms with van der Waals surface area (Å²) >= 11 is 0. The highest BCUT2D eigenvalue weighted by Gasteiger charge is 2.22. The summed E-state index contributed by atoms with van der Waals surface area (Å²) in [5.74, 6) is 0.463. The SMILES string of the molecule is CC(CN=C(N)Nc1ccccc1)N1CCc2ccccc21.I. The Morgan fingerprint density at radius 1 is 1.17 bits per heavy atom. The number of nitrogens with two attached hydrogens (primary N) is 1. The Morgan fingerprint density at radius 2 is 1.87 bits per heavy atom. The van der Waals surface area contributed by atoms with E-state index < -0.39 is 0 Å². The van der Waals surface area contributed by atoms with Crippen molar-refractivity contribution in [2.75, 3.05) is 23.3 Å². The molecular weight excluding hydrogens is 399 g/mol. The fraction of sp³-hybridized carbons (Fsp3) is 0.278. The van der Waals surface area contributed by atoms with Crippen LogP contribution in [0.2, 0.25) is 0 Å². The first kappa shape index (κ1) is 17.6. The van der Waals surface area contributed by atoms with E-state index >= 15 is 0 Å². The molecule has 0 fully saturated rings. The third kappa shape index (κ3) is 4.37. The molecule has 1 aliphatic rings. The summed E-state index contributed by atoms with van der Waals surface area (Å²) in [6.45, 7) is 3.93. The van der Waals surface area contributed by atoms with Crippen molar-refractivity contribution < 1.29 is 0 Å². The van der Waals surface area contributed by atoms with Gasteiger partial charge in [0.1, 0.15) is 0 Å². The highest BCUT2D eigenvalue weighted by molar-refractivity contribution is 14.0. The summed E-state index contributed by atoms with van der Waals surface area (Å²) in [4.78, 5) is 6.89. The van der Waals surface area contributed by atoms with Crippen molar-refractivity contribution >= 4 is 41.3 Å². The summed E-state index contributed by atoms with van der Waals surface area (Å²) in [6, 6.07) is 18.8. The van der Waals surface area contributed by atoms with E-state index in [-0.39, 0.29) is 24.0 Å². The number of hydrogen-bond acceptors (Lipinski definition) is 2. The summed E-state index contributed by atoms with van der Waals surface area (Å²) in [6.07, 6.45) is 1.11. The molecule has 1 unspecified atom stereocenters. The molecule has 0 bridgehead atoms. The van der Waals surface area contributed by atoms with Gasteiger partial charge in [0.25, 0.3) is 0 Å². The second-order valence-corrected chi connectivity index (χ2v) is 5.64. The van der Waals surface area contributed by atoms with Gasteiger partial charge in [-0.05, 0) is 37.1 Å². The van der Waals surface area contributed by atoms with Gasteiger partial charge in [-0.2, -0.15) is 0 Å². The van der Waals surface area contributed by atoms with Gasteiger partial charge in [0.15, 0.2) is 5.96 Å². The maximum absolute atomic E-state index is 5.97. The molecular formula is C18H23IN4. The van der Waals surface area contributed by atoms with Crippen molar-refractivity contribution in [1.29, 1.82) is 0 Å². The summed E-state index contributed by atoms with van der Waals surface area (Å²) in [5.41, 5.74) is 9.69. The first-order chi connectivity index (χ1) is 10.7. The molecule has 0 aromatic heterocycles. The Bertz CT molecular complexity index is 657. The molecule has 23 heavy (non-hydrogen) atoms. The minimum absolute atomic E-state index is 0. The van der Waals surface area contributed by atoms with Crippen LogP contribution in [-0.4, -0.2) is 25.1 Å². The molecule has 4 nitrogen and oxygen atoms in total. The van der Waals surface area contributed by atoms with Gasteiger partial charge in [0.05, 0.1) is 6.54 Å². The average molecular weight is 422 g/mol. The lowest BCUT2D eigenvalue weighted by Crippen LogP contribution is -2.35. The van der Waals surface area contributed by atoms with Crippen LogP contribution in [0.1, 0.15) is 12.5 Å². The molecule has 1 heterocycles. The number of aliphatic imine (C=N–C) groups is 1. The van der Waals surface area contributed by atoms with Crippen LogP contribution >= 0.6 is 24.0 Å². The van der Waals surface area contributed by atoms with Gasteiger partial charge in [0.2, 0.25) is 0 Å². The van der Waals surface area contributed by atoms with E-state index in [1.165, 1.54) is 11.3 Å². The average Bonchev–Trinajstić information content (AvgIpc) is 2.98. The lowest BCUT2D eigenvalue weighted by atomic mass is 10.2. The van der Waals surface area contributed by atoms with Crippen LogP contribution in [0.4, 0.5) is 11.4 Å². The van der Waals surface area contributed by atoms with E-state index in [0.717, 1.165) is 18.7 Å². The molecule has 0 amide bonds. The van der Waals surface area contributed by atoms with Gasteiger partial charge >= 0.3 is 0 Å². The van der Waals surface area contributed by atoms with Crippen LogP contribution in [0.3, 0.4) is 0 Å². The standard InChI is InChI=1S/C18H22N4.HI/c1-14(22-12-11-15-7-5-6-10-17(15)22)13-20-18(19)21-16-8-3-2-4-9-16;/h2-10,14H,11-13H2,1H3,(H3,19,20,21);1H. The number of para-hydroxylation sites is 2. The van der Waals surface area contributed by atoms with Gasteiger partial charge < -0.3 is 16.0 Å². The van der Waals surface area contributed by atoms with E-state index in [2.05, 4.69) is 46.4 Å². The number of nitrogens with one attached hydrogen (secondary N) is 1. The normalized spacial score (nSPS) is 14.8. The molecule has 1 aliphatic heterocycles. The van der Waals surface area contributed by atoms with E-state index in [9.17, 15) is 0 Å². The number of anilines is 2. The number of halogens is 1. The third-order valence-corrected chi connectivity index (χ3v) is 4.03. The quantitative estimate of drug-likeness (QED) is 0.451. The van der Waals surface area contributed by atoms with E-state index in [0.29, 0.717) is 18.5 Å². The van der Waals surface area contributed by atoms with Crippen LogP contribution < -0.4 is 16.0 Å². The highest BCUT2D eigenvalue weighted by Crippen LogP contribution is 2.29.